The van der Waals surface area contributed by atoms with Crippen LogP contribution >= 0.6 is 0 Å². The highest BCUT2D eigenvalue weighted by atomic mass is 16.1. The molecule has 0 atom stereocenters. The lowest BCUT2D eigenvalue weighted by atomic mass is 10.3. The van der Waals surface area contributed by atoms with Gasteiger partial charge >= 0.3 is 0 Å². The van der Waals surface area contributed by atoms with E-state index in [0.717, 1.165) is 18.8 Å². The quantitative estimate of drug-likeness (QED) is 0.726. The van der Waals surface area contributed by atoms with Gasteiger partial charge in [-0.25, -0.2) is 9.67 Å². The van der Waals surface area contributed by atoms with Crippen LogP contribution in [0.3, 0.4) is 0 Å². The SMILES string of the molecule is CCCn1ncnc1Cn1cc(C(C)=O)cn1. The van der Waals surface area contributed by atoms with Crippen molar-refractivity contribution in [2.75, 3.05) is 0 Å². The summed E-state index contributed by atoms with van der Waals surface area (Å²) in [7, 11) is 0. The van der Waals surface area contributed by atoms with Crippen LogP contribution in [0.4, 0.5) is 0 Å². The van der Waals surface area contributed by atoms with Gasteiger partial charge in [-0.15, -0.1) is 0 Å². The first kappa shape index (κ1) is 11.5. The van der Waals surface area contributed by atoms with Crippen LogP contribution in [0.5, 0.6) is 0 Å². The number of hydrogen-bond donors (Lipinski definition) is 0. The molecular weight excluding hydrogens is 218 g/mol. The van der Waals surface area contributed by atoms with Crippen molar-refractivity contribution in [2.45, 2.75) is 33.4 Å². The van der Waals surface area contributed by atoms with Crippen LogP contribution < -0.4 is 0 Å². The first-order valence-electron chi connectivity index (χ1n) is 5.60. The van der Waals surface area contributed by atoms with E-state index in [4.69, 9.17) is 0 Å². The van der Waals surface area contributed by atoms with E-state index in [1.165, 1.54) is 6.92 Å². The zero-order chi connectivity index (χ0) is 12.3. The summed E-state index contributed by atoms with van der Waals surface area (Å²) in [6, 6.07) is 0. The summed E-state index contributed by atoms with van der Waals surface area (Å²) in [5.74, 6) is 0.872. The normalized spacial score (nSPS) is 10.7. The average Bonchev–Trinajstić information content (AvgIpc) is 2.90. The molecular formula is C11H15N5O. The molecule has 0 amide bonds. The van der Waals surface area contributed by atoms with Gasteiger partial charge in [-0.05, 0) is 13.3 Å². The van der Waals surface area contributed by atoms with Crippen molar-refractivity contribution in [1.29, 1.82) is 0 Å². The number of nitrogens with zero attached hydrogens (tertiary/aromatic N) is 5. The maximum Gasteiger partial charge on any atom is 0.162 e. The van der Waals surface area contributed by atoms with Crippen molar-refractivity contribution in [3.8, 4) is 0 Å². The molecule has 6 heteroatoms. The Balaban J connectivity index is 2.13. The van der Waals surface area contributed by atoms with E-state index in [2.05, 4.69) is 22.1 Å². The van der Waals surface area contributed by atoms with Crippen molar-refractivity contribution >= 4 is 5.78 Å². The molecule has 0 spiro atoms. The Hall–Kier alpha value is -1.98. The van der Waals surface area contributed by atoms with Gasteiger partial charge in [0.2, 0.25) is 0 Å². The number of aromatic nitrogens is 5. The van der Waals surface area contributed by atoms with Crippen molar-refractivity contribution in [2.24, 2.45) is 0 Å². The lowest BCUT2D eigenvalue weighted by Gasteiger charge is -2.03. The van der Waals surface area contributed by atoms with E-state index in [9.17, 15) is 4.79 Å². The largest absolute Gasteiger partial charge is 0.294 e. The summed E-state index contributed by atoms with van der Waals surface area (Å²) >= 11 is 0. The molecule has 0 aliphatic heterocycles. The van der Waals surface area contributed by atoms with Gasteiger partial charge in [-0.3, -0.25) is 9.48 Å². The number of rotatable bonds is 5. The number of Topliss-reactive ketones (excluding diaryl/α,β-unsaturated/α-hetero) is 1. The molecule has 0 aliphatic carbocycles. The molecule has 2 rings (SSSR count). The van der Waals surface area contributed by atoms with Gasteiger partial charge in [-0.1, -0.05) is 6.92 Å². The topological polar surface area (TPSA) is 65.6 Å². The highest BCUT2D eigenvalue weighted by molar-refractivity contribution is 5.93. The summed E-state index contributed by atoms with van der Waals surface area (Å²) < 4.78 is 3.56. The molecule has 0 N–H and O–H groups in total. The fourth-order valence-electron chi connectivity index (χ4n) is 1.59. The van der Waals surface area contributed by atoms with E-state index < -0.39 is 0 Å². The average molecular weight is 233 g/mol. The number of carbonyl (C=O) groups is 1. The molecule has 0 saturated carbocycles. The molecule has 0 aliphatic rings. The highest BCUT2D eigenvalue weighted by Gasteiger charge is 2.07. The van der Waals surface area contributed by atoms with Crippen molar-refractivity contribution < 1.29 is 4.79 Å². The summed E-state index contributed by atoms with van der Waals surface area (Å²) in [4.78, 5) is 15.3. The summed E-state index contributed by atoms with van der Waals surface area (Å²) in [6.07, 6.45) is 5.85. The van der Waals surface area contributed by atoms with Gasteiger partial charge in [0.15, 0.2) is 5.78 Å². The standard InChI is InChI=1S/C11H15N5O/c1-3-4-16-11(12-8-14-16)7-15-6-10(5-13-15)9(2)17/h5-6,8H,3-4,7H2,1-2H3. The molecule has 0 saturated heterocycles. The monoisotopic (exact) mass is 233 g/mol. The summed E-state index contributed by atoms with van der Waals surface area (Å²) in [5, 5.41) is 8.27. The molecule has 0 aromatic carbocycles. The summed E-state index contributed by atoms with van der Waals surface area (Å²) in [5.41, 5.74) is 0.617. The molecule has 0 unspecified atom stereocenters. The predicted molar refractivity (Wildman–Crippen MR) is 61.6 cm³/mol. The van der Waals surface area contributed by atoms with Crippen LogP contribution in [0, 0.1) is 0 Å². The molecule has 0 radical (unpaired) electrons. The molecule has 2 aromatic heterocycles. The molecule has 0 bridgehead atoms. The van der Waals surface area contributed by atoms with E-state index in [0.29, 0.717) is 12.1 Å². The molecule has 2 heterocycles. The zero-order valence-electron chi connectivity index (χ0n) is 10.00. The minimum Gasteiger partial charge on any atom is -0.294 e. The van der Waals surface area contributed by atoms with Crippen molar-refractivity contribution in [3.63, 3.8) is 0 Å². The van der Waals surface area contributed by atoms with E-state index >= 15 is 0 Å². The smallest absolute Gasteiger partial charge is 0.162 e. The van der Waals surface area contributed by atoms with Crippen LogP contribution in [0.15, 0.2) is 18.7 Å². The minimum absolute atomic E-state index is 0.0197. The third-order valence-corrected chi connectivity index (χ3v) is 2.47. The van der Waals surface area contributed by atoms with E-state index in [1.807, 2.05) is 4.68 Å². The van der Waals surface area contributed by atoms with Crippen LogP contribution in [0.1, 0.15) is 36.5 Å². The number of ketones is 1. The van der Waals surface area contributed by atoms with Gasteiger partial charge in [0.05, 0.1) is 11.8 Å². The second kappa shape index (κ2) is 4.90. The second-order valence-corrected chi connectivity index (χ2v) is 3.88. The van der Waals surface area contributed by atoms with Gasteiger partial charge in [0, 0.05) is 12.7 Å². The van der Waals surface area contributed by atoms with E-state index in [-0.39, 0.29) is 5.78 Å². The van der Waals surface area contributed by atoms with Crippen LogP contribution in [0.25, 0.3) is 0 Å². The third kappa shape index (κ3) is 2.58. The highest BCUT2D eigenvalue weighted by Crippen LogP contribution is 2.03. The Labute approximate surface area is 99.3 Å². The van der Waals surface area contributed by atoms with Crippen molar-refractivity contribution in [3.05, 3.63) is 30.1 Å². The Kier molecular flexibility index (Phi) is 3.32. The zero-order valence-corrected chi connectivity index (χ0v) is 10.00. The van der Waals surface area contributed by atoms with Gasteiger partial charge in [0.1, 0.15) is 18.7 Å². The van der Waals surface area contributed by atoms with Crippen LogP contribution in [-0.2, 0) is 13.1 Å². The predicted octanol–water partition coefficient (Wildman–Crippen LogP) is 1.14. The van der Waals surface area contributed by atoms with Crippen LogP contribution in [0.2, 0.25) is 0 Å². The number of aryl methyl sites for hydroxylation is 1. The van der Waals surface area contributed by atoms with Crippen molar-refractivity contribution in [1.82, 2.24) is 24.5 Å². The van der Waals surface area contributed by atoms with Crippen LogP contribution in [-0.4, -0.2) is 30.3 Å². The molecule has 0 fully saturated rings. The summed E-state index contributed by atoms with van der Waals surface area (Å²) in [6.45, 7) is 5.00. The molecule has 90 valence electrons. The van der Waals surface area contributed by atoms with Gasteiger partial charge < -0.3 is 0 Å². The maximum absolute atomic E-state index is 11.1. The molecule has 2 aromatic rings. The second-order valence-electron chi connectivity index (χ2n) is 3.88. The van der Waals surface area contributed by atoms with E-state index in [1.54, 1.807) is 23.4 Å². The third-order valence-electron chi connectivity index (χ3n) is 2.47. The lowest BCUT2D eigenvalue weighted by Crippen LogP contribution is -2.10. The van der Waals surface area contributed by atoms with Gasteiger partial charge in [-0.2, -0.15) is 10.2 Å². The Bertz CT molecular complexity index is 513. The Morgan fingerprint density at radius 3 is 2.88 bits per heavy atom. The number of hydrogen-bond acceptors (Lipinski definition) is 4. The fourth-order valence-corrected chi connectivity index (χ4v) is 1.59. The lowest BCUT2D eigenvalue weighted by molar-refractivity contribution is 0.101. The number of carbonyl (C=O) groups excluding carboxylic acids is 1. The first-order valence-corrected chi connectivity index (χ1v) is 5.60. The first-order chi connectivity index (χ1) is 8.20. The molecule has 6 nitrogen and oxygen atoms in total. The molecule has 17 heavy (non-hydrogen) atoms. The van der Waals surface area contributed by atoms with Gasteiger partial charge in [0.25, 0.3) is 0 Å². The fraction of sp³-hybridized carbons (Fsp3) is 0.455. The minimum atomic E-state index is 0.0197. The maximum atomic E-state index is 11.1. The Morgan fingerprint density at radius 2 is 2.24 bits per heavy atom. The Morgan fingerprint density at radius 1 is 1.41 bits per heavy atom.